The van der Waals surface area contributed by atoms with Gasteiger partial charge in [0.1, 0.15) is 0 Å². The fourth-order valence-electron chi connectivity index (χ4n) is 1.22. The van der Waals surface area contributed by atoms with E-state index in [1.807, 2.05) is 13.8 Å². The molecule has 0 bridgehead atoms. The highest BCUT2D eigenvalue weighted by Crippen LogP contribution is 2.00. The molecule has 0 amide bonds. The summed E-state index contributed by atoms with van der Waals surface area (Å²) in [6.45, 7) is 10.5. The van der Waals surface area contributed by atoms with E-state index in [-0.39, 0.29) is 12.1 Å². The molecule has 14 heavy (non-hydrogen) atoms. The molecule has 0 heterocycles. The van der Waals surface area contributed by atoms with Gasteiger partial charge in [0.25, 0.3) is 0 Å². The van der Waals surface area contributed by atoms with Gasteiger partial charge < -0.3 is 15.2 Å². The van der Waals surface area contributed by atoms with Crippen LogP contribution in [0.2, 0.25) is 0 Å². The summed E-state index contributed by atoms with van der Waals surface area (Å²) < 4.78 is 10.9. The van der Waals surface area contributed by atoms with Crippen molar-refractivity contribution in [2.75, 3.05) is 19.8 Å². The van der Waals surface area contributed by atoms with Crippen molar-refractivity contribution < 1.29 is 9.47 Å². The Morgan fingerprint density at radius 3 is 2.21 bits per heavy atom. The smallest absolute Gasteiger partial charge is 0.0704 e. The largest absolute Gasteiger partial charge is 0.379 e. The van der Waals surface area contributed by atoms with E-state index in [0.29, 0.717) is 19.1 Å². The lowest BCUT2D eigenvalue weighted by Gasteiger charge is -2.15. The summed E-state index contributed by atoms with van der Waals surface area (Å²) >= 11 is 0. The van der Waals surface area contributed by atoms with Gasteiger partial charge in [-0.05, 0) is 26.2 Å². The van der Waals surface area contributed by atoms with E-state index in [1.54, 1.807) is 0 Å². The van der Waals surface area contributed by atoms with E-state index in [2.05, 4.69) is 13.8 Å². The monoisotopic (exact) mass is 203 g/mol. The number of hydrogen-bond donors (Lipinski definition) is 1. The Balaban J connectivity index is 3.19. The quantitative estimate of drug-likeness (QED) is 0.612. The molecule has 0 radical (unpaired) electrons. The molecule has 86 valence electrons. The standard InChI is InChI=1S/C11H25NO2/c1-9(2)8-13-5-6-14-11(4)7-10(3)12/h9-11H,5-8,12H2,1-4H3. The van der Waals surface area contributed by atoms with Gasteiger partial charge in [0, 0.05) is 12.6 Å². The predicted octanol–water partition coefficient (Wildman–Crippen LogP) is 1.80. The fourth-order valence-corrected chi connectivity index (χ4v) is 1.22. The molecule has 0 spiro atoms. The van der Waals surface area contributed by atoms with Crippen LogP contribution in [0.4, 0.5) is 0 Å². The molecule has 0 aliphatic carbocycles. The second kappa shape index (κ2) is 8.21. The van der Waals surface area contributed by atoms with Crippen molar-refractivity contribution in [1.29, 1.82) is 0 Å². The van der Waals surface area contributed by atoms with Crippen molar-refractivity contribution in [1.82, 2.24) is 0 Å². The average molecular weight is 203 g/mol. The highest BCUT2D eigenvalue weighted by Gasteiger charge is 2.04. The van der Waals surface area contributed by atoms with E-state index in [1.165, 1.54) is 0 Å². The van der Waals surface area contributed by atoms with Crippen molar-refractivity contribution in [2.24, 2.45) is 11.7 Å². The van der Waals surface area contributed by atoms with Crippen molar-refractivity contribution in [3.05, 3.63) is 0 Å². The van der Waals surface area contributed by atoms with Crippen molar-refractivity contribution in [3.8, 4) is 0 Å². The first-order valence-corrected chi connectivity index (χ1v) is 5.47. The summed E-state index contributed by atoms with van der Waals surface area (Å²) in [7, 11) is 0. The number of rotatable bonds is 8. The van der Waals surface area contributed by atoms with E-state index in [4.69, 9.17) is 15.2 Å². The Morgan fingerprint density at radius 2 is 1.71 bits per heavy atom. The molecule has 0 aliphatic heterocycles. The molecule has 0 aromatic carbocycles. The molecule has 2 atom stereocenters. The van der Waals surface area contributed by atoms with Crippen LogP contribution in [0.3, 0.4) is 0 Å². The van der Waals surface area contributed by atoms with Crippen LogP contribution < -0.4 is 5.73 Å². The second-order valence-electron chi connectivity index (χ2n) is 4.36. The first-order valence-electron chi connectivity index (χ1n) is 5.47. The zero-order valence-corrected chi connectivity index (χ0v) is 9.95. The van der Waals surface area contributed by atoms with Gasteiger partial charge >= 0.3 is 0 Å². The number of hydrogen-bond acceptors (Lipinski definition) is 3. The lowest BCUT2D eigenvalue weighted by molar-refractivity contribution is 0.00182. The molecule has 2 N–H and O–H groups in total. The van der Waals surface area contributed by atoms with Crippen LogP contribution >= 0.6 is 0 Å². The molecule has 3 heteroatoms. The lowest BCUT2D eigenvalue weighted by atomic mass is 10.2. The SMILES string of the molecule is CC(C)COCCOC(C)CC(C)N. The molecule has 0 aromatic rings. The first kappa shape index (κ1) is 13.9. The Labute approximate surface area is 88.0 Å². The highest BCUT2D eigenvalue weighted by molar-refractivity contribution is 4.59. The maximum Gasteiger partial charge on any atom is 0.0704 e. The second-order valence-corrected chi connectivity index (χ2v) is 4.36. The van der Waals surface area contributed by atoms with Crippen LogP contribution in [0.1, 0.15) is 34.1 Å². The Bertz CT molecular complexity index is 126. The molecule has 3 nitrogen and oxygen atoms in total. The fraction of sp³-hybridized carbons (Fsp3) is 1.00. The zero-order valence-electron chi connectivity index (χ0n) is 9.95. The third kappa shape index (κ3) is 9.96. The van der Waals surface area contributed by atoms with Gasteiger partial charge in [0.2, 0.25) is 0 Å². The van der Waals surface area contributed by atoms with Crippen LogP contribution in [-0.2, 0) is 9.47 Å². The van der Waals surface area contributed by atoms with Crippen LogP contribution in [-0.4, -0.2) is 32.0 Å². The Hall–Kier alpha value is -0.120. The van der Waals surface area contributed by atoms with Crippen LogP contribution in [0.5, 0.6) is 0 Å². The molecule has 0 saturated carbocycles. The number of nitrogens with two attached hydrogens (primary N) is 1. The van der Waals surface area contributed by atoms with Gasteiger partial charge in [-0.1, -0.05) is 13.8 Å². The molecule has 0 fully saturated rings. The summed E-state index contributed by atoms with van der Waals surface area (Å²) in [6.07, 6.45) is 1.14. The molecular weight excluding hydrogens is 178 g/mol. The van der Waals surface area contributed by atoms with E-state index in [0.717, 1.165) is 13.0 Å². The number of ether oxygens (including phenoxy) is 2. The third-order valence-corrected chi connectivity index (χ3v) is 1.78. The lowest BCUT2D eigenvalue weighted by Crippen LogP contribution is -2.24. The van der Waals surface area contributed by atoms with Crippen LogP contribution in [0, 0.1) is 5.92 Å². The maximum absolute atomic E-state index is 5.65. The highest BCUT2D eigenvalue weighted by atomic mass is 16.5. The molecule has 0 aliphatic rings. The molecular formula is C11H25NO2. The summed E-state index contributed by atoms with van der Waals surface area (Å²) in [4.78, 5) is 0. The minimum atomic E-state index is 0.210. The maximum atomic E-state index is 5.65. The van der Waals surface area contributed by atoms with E-state index in [9.17, 15) is 0 Å². The third-order valence-electron chi connectivity index (χ3n) is 1.78. The predicted molar refractivity (Wildman–Crippen MR) is 59.3 cm³/mol. The Kier molecular flexibility index (Phi) is 8.14. The summed E-state index contributed by atoms with van der Waals surface area (Å²) in [6, 6.07) is 0.210. The Morgan fingerprint density at radius 1 is 1.07 bits per heavy atom. The topological polar surface area (TPSA) is 44.5 Å². The summed E-state index contributed by atoms with van der Waals surface area (Å²) in [5.41, 5.74) is 5.65. The van der Waals surface area contributed by atoms with Crippen molar-refractivity contribution >= 4 is 0 Å². The van der Waals surface area contributed by atoms with Gasteiger partial charge in [0.15, 0.2) is 0 Å². The minimum Gasteiger partial charge on any atom is -0.379 e. The van der Waals surface area contributed by atoms with Crippen molar-refractivity contribution in [3.63, 3.8) is 0 Å². The van der Waals surface area contributed by atoms with Gasteiger partial charge in [-0.25, -0.2) is 0 Å². The first-order chi connectivity index (χ1) is 6.52. The zero-order chi connectivity index (χ0) is 11.0. The van der Waals surface area contributed by atoms with Gasteiger partial charge in [0.05, 0.1) is 19.3 Å². The molecule has 0 saturated heterocycles. The van der Waals surface area contributed by atoms with Gasteiger partial charge in [-0.15, -0.1) is 0 Å². The van der Waals surface area contributed by atoms with E-state index >= 15 is 0 Å². The normalized spacial score (nSPS) is 15.9. The van der Waals surface area contributed by atoms with Gasteiger partial charge in [-0.2, -0.15) is 0 Å². The van der Waals surface area contributed by atoms with Crippen LogP contribution in [0.25, 0.3) is 0 Å². The van der Waals surface area contributed by atoms with Gasteiger partial charge in [-0.3, -0.25) is 0 Å². The molecule has 2 unspecified atom stereocenters. The van der Waals surface area contributed by atoms with Crippen LogP contribution in [0.15, 0.2) is 0 Å². The molecule has 0 rings (SSSR count). The van der Waals surface area contributed by atoms with E-state index < -0.39 is 0 Å². The van der Waals surface area contributed by atoms with Crippen molar-refractivity contribution in [2.45, 2.75) is 46.3 Å². The summed E-state index contributed by atoms with van der Waals surface area (Å²) in [5, 5.41) is 0. The average Bonchev–Trinajstić information content (AvgIpc) is 2.01. The summed E-state index contributed by atoms with van der Waals surface area (Å²) in [5.74, 6) is 0.594. The minimum absolute atomic E-state index is 0.210. The molecule has 0 aromatic heterocycles.